The Hall–Kier alpha value is -1.49. The zero-order valence-electron chi connectivity index (χ0n) is 5.04. The minimum absolute atomic E-state index is 0.136. The topological polar surface area (TPSA) is 96.4 Å². The monoisotopic (exact) mass is 143 g/mol. The van der Waals surface area contributed by atoms with Crippen molar-refractivity contribution in [3.63, 3.8) is 0 Å². The molecule has 0 aromatic rings. The van der Waals surface area contributed by atoms with Crippen LogP contribution >= 0.6 is 0 Å². The van der Waals surface area contributed by atoms with E-state index < -0.39 is 0 Å². The van der Waals surface area contributed by atoms with E-state index >= 15 is 0 Å². The maximum Gasteiger partial charge on any atom is 0.169 e. The van der Waals surface area contributed by atoms with Crippen LogP contribution in [0.4, 0.5) is 0 Å². The summed E-state index contributed by atoms with van der Waals surface area (Å²) in [4.78, 5) is 7.02. The normalized spacial score (nSPS) is 22.8. The van der Waals surface area contributed by atoms with Crippen LogP contribution in [0.1, 0.15) is 0 Å². The predicted octanol–water partition coefficient (Wildman–Crippen LogP) is 0.573. The lowest BCUT2D eigenvalue weighted by atomic mass is 10.4. The highest BCUT2D eigenvalue weighted by molar-refractivity contribution is 4.62. The lowest BCUT2D eigenvalue weighted by Gasteiger charge is -2.02. The fraction of sp³-hybridized carbons (Fsp3) is 1.00. The molecule has 0 amide bonds. The number of hydrogen-bond donors (Lipinski definition) is 0. The van der Waals surface area contributed by atoms with Gasteiger partial charge < -0.3 is 4.84 Å². The van der Waals surface area contributed by atoms with Crippen LogP contribution in [0.15, 0.2) is 10.2 Å². The molecule has 1 unspecified atom stereocenters. The molecule has 7 nitrogen and oxygen atoms in total. The molecule has 0 aromatic heterocycles. The van der Waals surface area contributed by atoms with Crippen LogP contribution in [-0.2, 0) is 4.84 Å². The van der Waals surface area contributed by atoms with E-state index in [-0.39, 0.29) is 24.2 Å². The first-order valence-corrected chi connectivity index (χ1v) is 2.65. The first-order valence-electron chi connectivity index (χ1n) is 2.65. The van der Waals surface area contributed by atoms with E-state index in [2.05, 4.69) is 20.0 Å². The molecule has 0 aliphatic carbocycles. The molecular weight excluding hydrogens is 138 g/mol. The van der Waals surface area contributed by atoms with Gasteiger partial charge in [0.15, 0.2) is 5.02 Å². The van der Waals surface area contributed by atoms with E-state index in [0.717, 1.165) is 0 Å². The van der Waals surface area contributed by atoms with Crippen molar-refractivity contribution in [1.29, 1.82) is 0 Å². The molecule has 1 heterocycles. The quantitative estimate of drug-likeness (QED) is 0.244. The summed E-state index contributed by atoms with van der Waals surface area (Å²) >= 11 is 0. The first-order chi connectivity index (χ1) is 4.83. The molecule has 1 atom stereocenters. The third-order valence-electron chi connectivity index (χ3n) is 0.989. The lowest BCUT2D eigenvalue weighted by Crippen LogP contribution is -2.15. The molecule has 0 N–H and O–H groups in total. The van der Waals surface area contributed by atoms with Crippen LogP contribution in [0.25, 0.3) is 10.4 Å². The molecule has 0 saturated heterocycles. The average Bonchev–Trinajstić information content (AvgIpc) is 2.31. The summed E-state index contributed by atoms with van der Waals surface area (Å²) in [5.41, 5.74) is 7.87. The minimum atomic E-state index is -0.381. The van der Waals surface area contributed by atoms with Crippen molar-refractivity contribution in [2.24, 2.45) is 10.2 Å². The van der Waals surface area contributed by atoms with E-state index in [9.17, 15) is 5.21 Å². The zero-order valence-corrected chi connectivity index (χ0v) is 5.04. The molecule has 10 heavy (non-hydrogen) atoms. The third kappa shape index (κ3) is 1.49. The summed E-state index contributed by atoms with van der Waals surface area (Å²) < 4.78 is 0. The van der Waals surface area contributed by atoms with Gasteiger partial charge in [0.05, 0.1) is 0 Å². The SMILES string of the molecule is [N-]=[N+]=NCC1CN=[N+]([O-])O1. The Labute approximate surface area is 56.1 Å². The van der Waals surface area contributed by atoms with Gasteiger partial charge in [0.25, 0.3) is 0 Å². The summed E-state index contributed by atoms with van der Waals surface area (Å²) in [5, 5.41) is 16.9. The Kier molecular flexibility index (Phi) is 1.91. The lowest BCUT2D eigenvalue weighted by molar-refractivity contribution is -0.780. The standard InChI is InChI=1S/C3H5N5O2/c4-7-5-1-3-2-6-8(9)10-3/h3H,1-2H2. The molecule has 1 aliphatic rings. The van der Waals surface area contributed by atoms with Crippen LogP contribution in [0, 0.1) is 5.21 Å². The summed E-state index contributed by atoms with van der Waals surface area (Å²) in [7, 11) is 0. The third-order valence-corrected chi connectivity index (χ3v) is 0.989. The van der Waals surface area contributed by atoms with Crippen molar-refractivity contribution in [1.82, 2.24) is 0 Å². The fourth-order valence-corrected chi connectivity index (χ4v) is 0.571. The number of hydrogen-bond acceptors (Lipinski definition) is 4. The second-order valence-electron chi connectivity index (χ2n) is 1.70. The molecule has 0 bridgehead atoms. The molecule has 0 saturated carbocycles. The summed E-state index contributed by atoms with van der Waals surface area (Å²) in [6.07, 6.45) is -0.381. The average molecular weight is 143 g/mol. The van der Waals surface area contributed by atoms with E-state index in [0.29, 0.717) is 0 Å². The highest BCUT2D eigenvalue weighted by Crippen LogP contribution is 2.02. The molecular formula is C3H5N5O2. The van der Waals surface area contributed by atoms with Gasteiger partial charge in [-0.1, -0.05) is 5.11 Å². The van der Waals surface area contributed by atoms with Crippen LogP contribution in [0.3, 0.4) is 0 Å². The zero-order chi connectivity index (χ0) is 7.40. The molecule has 1 aliphatic heterocycles. The molecule has 0 radical (unpaired) electrons. The molecule has 0 aromatic carbocycles. The van der Waals surface area contributed by atoms with Gasteiger partial charge in [-0.2, -0.15) is 0 Å². The Bertz CT molecular complexity index is 195. The van der Waals surface area contributed by atoms with Crippen LogP contribution < -0.4 is 0 Å². The highest BCUT2D eigenvalue weighted by Gasteiger charge is 2.17. The van der Waals surface area contributed by atoms with Crippen LogP contribution in [-0.4, -0.2) is 24.2 Å². The second kappa shape index (κ2) is 2.88. The van der Waals surface area contributed by atoms with Crippen molar-refractivity contribution in [3.05, 3.63) is 15.7 Å². The maximum atomic E-state index is 10.2. The predicted molar refractivity (Wildman–Crippen MR) is 29.8 cm³/mol. The molecule has 0 fully saturated rings. The number of rotatable bonds is 2. The Balaban J connectivity index is 2.29. The van der Waals surface area contributed by atoms with Crippen LogP contribution in [0.2, 0.25) is 0 Å². The van der Waals surface area contributed by atoms with E-state index in [4.69, 9.17) is 5.53 Å². The summed E-state index contributed by atoms with van der Waals surface area (Å²) in [6.45, 7) is 0.418. The summed E-state index contributed by atoms with van der Waals surface area (Å²) in [6, 6.07) is 0. The van der Waals surface area contributed by atoms with Crippen molar-refractivity contribution >= 4 is 0 Å². The smallest absolute Gasteiger partial charge is 0.169 e. The second-order valence-corrected chi connectivity index (χ2v) is 1.70. The van der Waals surface area contributed by atoms with Gasteiger partial charge in [0.2, 0.25) is 0 Å². The summed E-state index contributed by atoms with van der Waals surface area (Å²) in [5.74, 6) is 0. The van der Waals surface area contributed by atoms with Crippen LogP contribution in [0.5, 0.6) is 0 Å². The first kappa shape index (κ1) is 6.63. The van der Waals surface area contributed by atoms with Gasteiger partial charge in [0, 0.05) is 16.6 Å². The molecule has 54 valence electrons. The molecule has 7 heteroatoms. The van der Waals surface area contributed by atoms with Gasteiger partial charge in [-0.3, -0.25) is 0 Å². The molecule has 0 spiro atoms. The van der Waals surface area contributed by atoms with Gasteiger partial charge in [-0.15, -0.1) is 0 Å². The maximum absolute atomic E-state index is 10.2. The van der Waals surface area contributed by atoms with Gasteiger partial charge in [-0.05, 0) is 5.53 Å². The minimum Gasteiger partial charge on any atom is -0.375 e. The van der Waals surface area contributed by atoms with E-state index in [1.165, 1.54) is 0 Å². The number of azide groups is 1. The number of nitrogens with zero attached hydrogens (tertiary/aromatic N) is 5. The van der Waals surface area contributed by atoms with Crippen molar-refractivity contribution in [3.8, 4) is 0 Å². The van der Waals surface area contributed by atoms with E-state index in [1.54, 1.807) is 0 Å². The van der Waals surface area contributed by atoms with Crippen molar-refractivity contribution in [2.75, 3.05) is 13.1 Å². The highest BCUT2D eigenvalue weighted by atomic mass is 16.9. The van der Waals surface area contributed by atoms with Crippen molar-refractivity contribution < 1.29 is 9.86 Å². The Morgan fingerprint density at radius 2 is 2.80 bits per heavy atom. The fourth-order valence-electron chi connectivity index (χ4n) is 0.571. The van der Waals surface area contributed by atoms with Gasteiger partial charge >= 0.3 is 0 Å². The van der Waals surface area contributed by atoms with E-state index in [1.807, 2.05) is 0 Å². The van der Waals surface area contributed by atoms with Crippen molar-refractivity contribution in [2.45, 2.75) is 6.10 Å². The Morgan fingerprint density at radius 3 is 3.30 bits per heavy atom. The molecule has 1 rings (SSSR count). The Morgan fingerprint density at radius 1 is 2.00 bits per heavy atom. The van der Waals surface area contributed by atoms with Gasteiger partial charge in [-0.25, -0.2) is 5.21 Å². The van der Waals surface area contributed by atoms with Gasteiger partial charge in [0.1, 0.15) is 12.6 Å². The largest absolute Gasteiger partial charge is 0.375 e.